The molecule has 0 saturated carbocycles. The number of aryl methyl sites for hydroxylation is 1. The topological polar surface area (TPSA) is 29.9 Å². The Morgan fingerprint density at radius 2 is 2.20 bits per heavy atom. The van der Waals surface area contributed by atoms with E-state index in [0.29, 0.717) is 0 Å². The summed E-state index contributed by atoms with van der Waals surface area (Å²) in [5.41, 5.74) is 2.27. The molecule has 2 aromatic rings. The molecule has 108 valence electrons. The number of hydrogen-bond acceptors (Lipinski definition) is 2. The molecule has 1 aromatic carbocycles. The SMILES string of the molecule is CCCNC(c1cccc(I)c1)c1c(Cl)cnn1CC. The van der Waals surface area contributed by atoms with E-state index < -0.39 is 0 Å². The van der Waals surface area contributed by atoms with E-state index >= 15 is 0 Å². The minimum absolute atomic E-state index is 0.0830. The van der Waals surface area contributed by atoms with Crippen molar-refractivity contribution in [1.82, 2.24) is 15.1 Å². The molecule has 1 heterocycles. The third-order valence-electron chi connectivity index (χ3n) is 3.19. The first-order valence-electron chi connectivity index (χ1n) is 6.87. The maximum absolute atomic E-state index is 6.36. The first-order valence-corrected chi connectivity index (χ1v) is 8.33. The van der Waals surface area contributed by atoms with Crippen LogP contribution in [0.2, 0.25) is 5.02 Å². The zero-order valence-corrected chi connectivity index (χ0v) is 14.6. The zero-order chi connectivity index (χ0) is 14.5. The molecule has 0 fully saturated rings. The van der Waals surface area contributed by atoms with Crippen LogP contribution in [0.1, 0.15) is 37.6 Å². The van der Waals surface area contributed by atoms with E-state index in [0.717, 1.165) is 30.2 Å². The summed E-state index contributed by atoms with van der Waals surface area (Å²) in [6.07, 6.45) is 2.81. The van der Waals surface area contributed by atoms with Crippen LogP contribution < -0.4 is 5.32 Å². The van der Waals surface area contributed by atoms with Gasteiger partial charge >= 0.3 is 0 Å². The van der Waals surface area contributed by atoms with Crippen LogP contribution >= 0.6 is 34.2 Å². The summed E-state index contributed by atoms with van der Waals surface area (Å²) < 4.78 is 3.19. The van der Waals surface area contributed by atoms with Crippen molar-refractivity contribution < 1.29 is 0 Å². The summed E-state index contributed by atoms with van der Waals surface area (Å²) in [5, 5.41) is 8.66. The predicted molar refractivity (Wildman–Crippen MR) is 92.2 cm³/mol. The lowest BCUT2D eigenvalue weighted by Gasteiger charge is -2.21. The molecule has 2 rings (SSSR count). The summed E-state index contributed by atoms with van der Waals surface area (Å²) >= 11 is 8.70. The Bertz CT molecular complexity index is 568. The quantitative estimate of drug-likeness (QED) is 0.731. The average molecular weight is 404 g/mol. The molecule has 5 heteroatoms. The minimum atomic E-state index is 0.0830. The molecule has 0 aliphatic heterocycles. The van der Waals surface area contributed by atoms with Gasteiger partial charge in [0.2, 0.25) is 0 Å². The van der Waals surface area contributed by atoms with E-state index in [4.69, 9.17) is 11.6 Å². The number of benzene rings is 1. The van der Waals surface area contributed by atoms with E-state index in [2.05, 4.69) is 71.1 Å². The smallest absolute Gasteiger partial charge is 0.0837 e. The molecule has 0 aliphatic rings. The Balaban J connectivity index is 2.44. The molecule has 1 atom stereocenters. The number of hydrogen-bond donors (Lipinski definition) is 1. The highest BCUT2D eigenvalue weighted by Gasteiger charge is 2.21. The third-order valence-corrected chi connectivity index (χ3v) is 4.15. The second-order valence-corrected chi connectivity index (χ2v) is 6.29. The normalized spacial score (nSPS) is 12.6. The van der Waals surface area contributed by atoms with Gasteiger partial charge in [0, 0.05) is 10.1 Å². The van der Waals surface area contributed by atoms with Gasteiger partial charge in [0.1, 0.15) is 0 Å². The molecule has 0 saturated heterocycles. The molecule has 0 amide bonds. The van der Waals surface area contributed by atoms with Crippen molar-refractivity contribution in [2.24, 2.45) is 0 Å². The van der Waals surface area contributed by atoms with Crippen LogP contribution in [-0.4, -0.2) is 16.3 Å². The lowest BCUT2D eigenvalue weighted by Crippen LogP contribution is -2.26. The van der Waals surface area contributed by atoms with E-state index in [9.17, 15) is 0 Å². The number of rotatable bonds is 6. The molecule has 0 aliphatic carbocycles. The maximum atomic E-state index is 6.36. The predicted octanol–water partition coefficient (Wildman–Crippen LogP) is 4.25. The summed E-state index contributed by atoms with van der Waals surface area (Å²) in [4.78, 5) is 0. The van der Waals surface area contributed by atoms with Crippen LogP contribution in [0.5, 0.6) is 0 Å². The van der Waals surface area contributed by atoms with Gasteiger partial charge in [0.25, 0.3) is 0 Å². The highest BCUT2D eigenvalue weighted by Crippen LogP contribution is 2.29. The van der Waals surface area contributed by atoms with Crippen LogP contribution in [0.15, 0.2) is 30.5 Å². The van der Waals surface area contributed by atoms with E-state index in [1.807, 2.05) is 4.68 Å². The number of nitrogens with one attached hydrogen (secondary N) is 1. The van der Waals surface area contributed by atoms with E-state index in [1.54, 1.807) is 6.20 Å². The molecular weight excluding hydrogens is 385 g/mol. The van der Waals surface area contributed by atoms with Gasteiger partial charge in [-0.05, 0) is 60.2 Å². The Kier molecular flexibility index (Phi) is 5.86. The Labute approximate surface area is 138 Å². The number of halogens is 2. The van der Waals surface area contributed by atoms with Crippen molar-refractivity contribution in [2.75, 3.05) is 6.54 Å². The van der Waals surface area contributed by atoms with Gasteiger partial charge in [-0.1, -0.05) is 30.7 Å². The van der Waals surface area contributed by atoms with Gasteiger partial charge in [-0.3, -0.25) is 4.68 Å². The molecule has 0 radical (unpaired) electrons. The Morgan fingerprint density at radius 1 is 1.40 bits per heavy atom. The van der Waals surface area contributed by atoms with E-state index in [-0.39, 0.29) is 6.04 Å². The van der Waals surface area contributed by atoms with Gasteiger partial charge in [-0.2, -0.15) is 5.10 Å². The highest BCUT2D eigenvalue weighted by atomic mass is 127. The summed E-state index contributed by atoms with van der Waals surface area (Å²) in [6, 6.07) is 8.59. The first kappa shape index (κ1) is 15.8. The summed E-state index contributed by atoms with van der Waals surface area (Å²) in [5.74, 6) is 0. The van der Waals surface area contributed by atoms with Crippen molar-refractivity contribution in [3.05, 3.63) is 50.3 Å². The van der Waals surface area contributed by atoms with Gasteiger partial charge in [0.05, 0.1) is 23.0 Å². The highest BCUT2D eigenvalue weighted by molar-refractivity contribution is 14.1. The van der Waals surface area contributed by atoms with E-state index in [1.165, 1.54) is 9.13 Å². The van der Waals surface area contributed by atoms with Crippen LogP contribution in [0.25, 0.3) is 0 Å². The molecule has 0 spiro atoms. The van der Waals surface area contributed by atoms with Crippen LogP contribution in [0.4, 0.5) is 0 Å². The van der Waals surface area contributed by atoms with Crippen molar-refractivity contribution in [1.29, 1.82) is 0 Å². The minimum Gasteiger partial charge on any atom is -0.305 e. The largest absolute Gasteiger partial charge is 0.305 e. The lowest BCUT2D eigenvalue weighted by atomic mass is 10.0. The average Bonchev–Trinajstić information content (AvgIpc) is 2.81. The molecule has 1 aromatic heterocycles. The molecular formula is C15H19ClIN3. The number of nitrogens with zero attached hydrogens (tertiary/aromatic N) is 2. The first-order chi connectivity index (χ1) is 9.67. The van der Waals surface area contributed by atoms with Gasteiger partial charge < -0.3 is 5.32 Å². The third kappa shape index (κ3) is 3.54. The van der Waals surface area contributed by atoms with Crippen molar-refractivity contribution in [3.8, 4) is 0 Å². The van der Waals surface area contributed by atoms with Gasteiger partial charge in [0.15, 0.2) is 0 Å². The molecule has 20 heavy (non-hydrogen) atoms. The second kappa shape index (κ2) is 7.43. The van der Waals surface area contributed by atoms with Crippen molar-refractivity contribution in [2.45, 2.75) is 32.9 Å². The Morgan fingerprint density at radius 3 is 2.85 bits per heavy atom. The van der Waals surface area contributed by atoms with Crippen LogP contribution in [-0.2, 0) is 6.54 Å². The van der Waals surface area contributed by atoms with Crippen LogP contribution in [0, 0.1) is 3.57 Å². The lowest BCUT2D eigenvalue weighted by molar-refractivity contribution is 0.530. The molecule has 1 unspecified atom stereocenters. The van der Waals surface area contributed by atoms with Gasteiger partial charge in [-0.25, -0.2) is 0 Å². The molecule has 3 nitrogen and oxygen atoms in total. The maximum Gasteiger partial charge on any atom is 0.0837 e. The van der Waals surface area contributed by atoms with Crippen molar-refractivity contribution >= 4 is 34.2 Å². The zero-order valence-electron chi connectivity index (χ0n) is 11.7. The fourth-order valence-corrected chi connectivity index (χ4v) is 3.08. The van der Waals surface area contributed by atoms with Crippen LogP contribution in [0.3, 0.4) is 0 Å². The Hall–Kier alpha value is -0.590. The summed E-state index contributed by atoms with van der Waals surface area (Å²) in [7, 11) is 0. The van der Waals surface area contributed by atoms with Gasteiger partial charge in [-0.15, -0.1) is 0 Å². The molecule has 1 N–H and O–H groups in total. The standard InChI is InChI=1S/C15H19ClIN3/c1-3-8-18-14(11-6-5-7-12(17)9-11)15-13(16)10-19-20(15)4-2/h5-7,9-10,14,18H,3-4,8H2,1-2H3. The fourth-order valence-electron chi connectivity index (χ4n) is 2.26. The molecule has 0 bridgehead atoms. The monoisotopic (exact) mass is 403 g/mol. The summed E-state index contributed by atoms with van der Waals surface area (Å²) in [6.45, 7) is 6.01. The van der Waals surface area contributed by atoms with Crippen molar-refractivity contribution in [3.63, 3.8) is 0 Å². The number of aromatic nitrogens is 2. The fraction of sp³-hybridized carbons (Fsp3) is 0.400. The second-order valence-electron chi connectivity index (χ2n) is 4.64.